The first-order chi connectivity index (χ1) is 6.12. The molecule has 1 rings (SSSR count). The SMILES string of the molecule is CCC1CCC(C)(C(=O)OC)CC1. The summed E-state index contributed by atoms with van der Waals surface area (Å²) in [5, 5.41) is 0. The molecule has 0 aromatic heterocycles. The van der Waals surface area contributed by atoms with Crippen LogP contribution in [0.15, 0.2) is 0 Å². The summed E-state index contributed by atoms with van der Waals surface area (Å²) in [4.78, 5) is 11.5. The lowest BCUT2D eigenvalue weighted by molar-refractivity contribution is -0.154. The van der Waals surface area contributed by atoms with E-state index < -0.39 is 0 Å². The van der Waals surface area contributed by atoms with Gasteiger partial charge >= 0.3 is 5.97 Å². The molecule has 0 saturated heterocycles. The van der Waals surface area contributed by atoms with Crippen molar-refractivity contribution in [1.82, 2.24) is 0 Å². The van der Waals surface area contributed by atoms with E-state index in [2.05, 4.69) is 6.92 Å². The third kappa shape index (κ3) is 2.23. The molecule has 0 amide bonds. The summed E-state index contributed by atoms with van der Waals surface area (Å²) in [7, 11) is 1.49. The predicted molar refractivity (Wildman–Crippen MR) is 52.4 cm³/mol. The number of esters is 1. The molecule has 2 nitrogen and oxygen atoms in total. The third-order valence-corrected chi connectivity index (χ3v) is 3.46. The van der Waals surface area contributed by atoms with Gasteiger partial charge in [0.25, 0.3) is 0 Å². The molecule has 1 saturated carbocycles. The molecule has 1 aliphatic carbocycles. The molecule has 2 heteroatoms. The Bertz CT molecular complexity index is 179. The Balaban J connectivity index is 2.51. The van der Waals surface area contributed by atoms with E-state index in [0.717, 1.165) is 18.8 Å². The van der Waals surface area contributed by atoms with Gasteiger partial charge in [-0.25, -0.2) is 0 Å². The molecule has 1 fully saturated rings. The van der Waals surface area contributed by atoms with Crippen LogP contribution in [0.5, 0.6) is 0 Å². The van der Waals surface area contributed by atoms with Crippen LogP contribution in [-0.4, -0.2) is 13.1 Å². The van der Waals surface area contributed by atoms with Crippen molar-refractivity contribution in [3.05, 3.63) is 0 Å². The molecule has 0 heterocycles. The highest BCUT2D eigenvalue weighted by molar-refractivity contribution is 5.76. The van der Waals surface area contributed by atoms with Crippen molar-refractivity contribution in [2.75, 3.05) is 7.11 Å². The van der Waals surface area contributed by atoms with Gasteiger partial charge in [0.15, 0.2) is 0 Å². The minimum Gasteiger partial charge on any atom is -0.469 e. The summed E-state index contributed by atoms with van der Waals surface area (Å²) < 4.78 is 4.82. The maximum atomic E-state index is 11.5. The molecule has 0 bridgehead atoms. The van der Waals surface area contributed by atoms with Crippen LogP contribution < -0.4 is 0 Å². The highest BCUT2D eigenvalue weighted by atomic mass is 16.5. The van der Waals surface area contributed by atoms with E-state index in [-0.39, 0.29) is 11.4 Å². The second-order valence-electron chi connectivity index (χ2n) is 4.40. The minimum atomic E-state index is -0.194. The van der Waals surface area contributed by atoms with E-state index in [1.54, 1.807) is 0 Å². The molecule has 0 aliphatic heterocycles. The first-order valence-electron chi connectivity index (χ1n) is 5.21. The van der Waals surface area contributed by atoms with E-state index in [4.69, 9.17) is 4.74 Å². The predicted octanol–water partition coefficient (Wildman–Crippen LogP) is 2.77. The van der Waals surface area contributed by atoms with E-state index in [9.17, 15) is 4.79 Å². The quantitative estimate of drug-likeness (QED) is 0.617. The third-order valence-electron chi connectivity index (χ3n) is 3.46. The molecule has 0 radical (unpaired) electrons. The van der Waals surface area contributed by atoms with E-state index >= 15 is 0 Å². The molecule has 76 valence electrons. The van der Waals surface area contributed by atoms with Crippen LogP contribution in [0.1, 0.15) is 46.0 Å². The topological polar surface area (TPSA) is 26.3 Å². The zero-order chi connectivity index (χ0) is 9.90. The summed E-state index contributed by atoms with van der Waals surface area (Å²) in [5.74, 6) is 0.805. The highest BCUT2D eigenvalue weighted by Gasteiger charge is 2.37. The number of hydrogen-bond acceptors (Lipinski definition) is 2. The molecule has 0 aromatic rings. The summed E-state index contributed by atoms with van der Waals surface area (Å²) in [6.07, 6.45) is 5.61. The second-order valence-corrected chi connectivity index (χ2v) is 4.40. The van der Waals surface area contributed by atoms with E-state index in [1.165, 1.54) is 26.4 Å². The Kier molecular flexibility index (Phi) is 3.34. The van der Waals surface area contributed by atoms with Gasteiger partial charge in [0.2, 0.25) is 0 Å². The van der Waals surface area contributed by atoms with Gasteiger partial charge in [-0.2, -0.15) is 0 Å². The van der Waals surface area contributed by atoms with Crippen molar-refractivity contribution in [3.63, 3.8) is 0 Å². The molecule has 0 atom stereocenters. The van der Waals surface area contributed by atoms with Gasteiger partial charge in [0, 0.05) is 0 Å². The number of rotatable bonds is 2. The Hall–Kier alpha value is -0.530. The minimum absolute atomic E-state index is 0.0259. The van der Waals surface area contributed by atoms with Crippen LogP contribution in [0, 0.1) is 11.3 Å². The first kappa shape index (κ1) is 10.6. The van der Waals surface area contributed by atoms with Crippen molar-refractivity contribution < 1.29 is 9.53 Å². The average molecular weight is 184 g/mol. The summed E-state index contributed by atoms with van der Waals surface area (Å²) >= 11 is 0. The lowest BCUT2D eigenvalue weighted by atomic mass is 9.71. The zero-order valence-electron chi connectivity index (χ0n) is 8.93. The van der Waals surface area contributed by atoms with Gasteiger partial charge in [0.1, 0.15) is 0 Å². The molecular weight excluding hydrogens is 164 g/mol. The van der Waals surface area contributed by atoms with Crippen LogP contribution in [-0.2, 0) is 9.53 Å². The van der Waals surface area contributed by atoms with Gasteiger partial charge < -0.3 is 4.74 Å². The monoisotopic (exact) mass is 184 g/mol. The molecule has 13 heavy (non-hydrogen) atoms. The first-order valence-corrected chi connectivity index (χ1v) is 5.21. The number of methoxy groups -OCH3 is 1. The lowest BCUT2D eigenvalue weighted by Gasteiger charge is -2.34. The molecular formula is C11H20O2. The Morgan fingerprint density at radius 3 is 2.38 bits per heavy atom. The molecule has 1 aliphatic rings. The van der Waals surface area contributed by atoms with Crippen LogP contribution in [0.3, 0.4) is 0 Å². The number of carbonyl (C=O) groups is 1. The van der Waals surface area contributed by atoms with E-state index in [0.29, 0.717) is 0 Å². The van der Waals surface area contributed by atoms with E-state index in [1.807, 2.05) is 6.92 Å². The molecule has 0 unspecified atom stereocenters. The number of hydrogen-bond donors (Lipinski definition) is 0. The van der Waals surface area contributed by atoms with Crippen molar-refractivity contribution >= 4 is 5.97 Å². The van der Waals surface area contributed by atoms with Crippen molar-refractivity contribution in [2.24, 2.45) is 11.3 Å². The Morgan fingerprint density at radius 2 is 2.00 bits per heavy atom. The molecule has 0 spiro atoms. The standard InChI is InChI=1S/C11H20O2/c1-4-9-5-7-11(2,8-6-9)10(12)13-3/h9H,4-8H2,1-3H3. The van der Waals surface area contributed by atoms with Crippen LogP contribution >= 0.6 is 0 Å². The fourth-order valence-electron chi connectivity index (χ4n) is 2.17. The van der Waals surface area contributed by atoms with Crippen LogP contribution in [0.2, 0.25) is 0 Å². The zero-order valence-corrected chi connectivity index (χ0v) is 8.93. The highest BCUT2D eigenvalue weighted by Crippen LogP contribution is 2.40. The van der Waals surface area contributed by atoms with Crippen LogP contribution in [0.4, 0.5) is 0 Å². The average Bonchev–Trinajstić information content (AvgIpc) is 2.18. The molecule has 0 aromatic carbocycles. The van der Waals surface area contributed by atoms with Crippen molar-refractivity contribution in [2.45, 2.75) is 46.0 Å². The normalized spacial score (nSPS) is 34.2. The van der Waals surface area contributed by atoms with Gasteiger partial charge in [-0.1, -0.05) is 13.3 Å². The van der Waals surface area contributed by atoms with Gasteiger partial charge in [-0.15, -0.1) is 0 Å². The summed E-state index contributed by atoms with van der Waals surface area (Å²) in [6.45, 7) is 4.26. The van der Waals surface area contributed by atoms with Gasteiger partial charge in [-0.05, 0) is 38.5 Å². The van der Waals surface area contributed by atoms with Crippen LogP contribution in [0.25, 0.3) is 0 Å². The van der Waals surface area contributed by atoms with Gasteiger partial charge in [0.05, 0.1) is 12.5 Å². The maximum absolute atomic E-state index is 11.5. The Labute approximate surface area is 80.7 Å². The van der Waals surface area contributed by atoms with Crippen molar-refractivity contribution in [1.29, 1.82) is 0 Å². The van der Waals surface area contributed by atoms with Crippen molar-refractivity contribution in [3.8, 4) is 0 Å². The molecule has 0 N–H and O–H groups in total. The smallest absolute Gasteiger partial charge is 0.311 e. The fraction of sp³-hybridized carbons (Fsp3) is 0.909. The second kappa shape index (κ2) is 4.12. The lowest BCUT2D eigenvalue weighted by Crippen LogP contribution is -2.33. The summed E-state index contributed by atoms with van der Waals surface area (Å²) in [6, 6.07) is 0. The summed E-state index contributed by atoms with van der Waals surface area (Å²) in [5.41, 5.74) is -0.194. The number of ether oxygens (including phenoxy) is 1. The fourth-order valence-corrected chi connectivity index (χ4v) is 2.17. The Morgan fingerprint density at radius 1 is 1.46 bits per heavy atom. The largest absolute Gasteiger partial charge is 0.469 e. The maximum Gasteiger partial charge on any atom is 0.311 e. The van der Waals surface area contributed by atoms with Gasteiger partial charge in [-0.3, -0.25) is 4.79 Å². The number of carbonyl (C=O) groups excluding carboxylic acids is 1.